The second kappa shape index (κ2) is 8.84. The van der Waals surface area contributed by atoms with Crippen LogP contribution in [0.2, 0.25) is 0 Å². The Morgan fingerprint density at radius 3 is 2.50 bits per heavy atom. The minimum atomic E-state index is -2.77. The van der Waals surface area contributed by atoms with Crippen molar-refractivity contribution in [3.63, 3.8) is 0 Å². The molecule has 0 aliphatic rings. The first-order valence-electron chi connectivity index (χ1n) is 10.6. The number of benzene rings is 2. The molecule has 3 aromatic heterocycles. The summed E-state index contributed by atoms with van der Waals surface area (Å²) in [6.07, 6.45) is 0.630. The maximum atomic E-state index is 14.9. The quantitative estimate of drug-likeness (QED) is 0.193. The third kappa shape index (κ3) is 3.74. The molecule has 0 aliphatic carbocycles. The second-order valence-electron chi connectivity index (χ2n) is 7.88. The molecule has 0 saturated carbocycles. The zero-order valence-electron chi connectivity index (χ0n) is 18.7. The molecule has 0 radical (unpaired) electrons. The van der Waals surface area contributed by atoms with E-state index in [-0.39, 0.29) is 22.4 Å². The van der Waals surface area contributed by atoms with E-state index in [1.165, 1.54) is 24.5 Å². The van der Waals surface area contributed by atoms with Gasteiger partial charge in [-0.1, -0.05) is 0 Å². The molecule has 36 heavy (non-hydrogen) atoms. The van der Waals surface area contributed by atoms with Crippen LogP contribution >= 0.6 is 0 Å². The fraction of sp³-hybridized carbons (Fsp3) is 0.0800. The molecule has 0 aliphatic heterocycles. The summed E-state index contributed by atoms with van der Waals surface area (Å²) in [5, 5.41) is 7.26. The Balaban J connectivity index is 1.88. The average molecular weight is 491 g/mol. The molecule has 0 unspecified atom stereocenters. The Bertz CT molecular complexity index is 1690. The predicted octanol–water partition coefficient (Wildman–Crippen LogP) is 5.47. The molecule has 3 heterocycles. The van der Waals surface area contributed by atoms with E-state index in [1.54, 1.807) is 29.7 Å². The summed E-state index contributed by atoms with van der Waals surface area (Å²) in [6, 6.07) is 9.67. The third-order valence-corrected chi connectivity index (χ3v) is 5.76. The SMILES string of the molecule is Cc1nc2c(C(N)=NC=N)cc(-c3ccnc(C(F)F)c3)cc2n1-c1ccnc2c(F)ccc(F)c12. The van der Waals surface area contributed by atoms with E-state index in [1.807, 2.05) is 0 Å². The van der Waals surface area contributed by atoms with Gasteiger partial charge in [0.2, 0.25) is 0 Å². The second-order valence-corrected chi connectivity index (χ2v) is 7.88. The van der Waals surface area contributed by atoms with Gasteiger partial charge in [-0.25, -0.2) is 27.5 Å². The minimum Gasteiger partial charge on any atom is -0.383 e. The molecule has 0 amide bonds. The van der Waals surface area contributed by atoms with Gasteiger partial charge < -0.3 is 5.73 Å². The molecule has 0 saturated heterocycles. The van der Waals surface area contributed by atoms with Gasteiger partial charge in [0, 0.05) is 18.0 Å². The van der Waals surface area contributed by atoms with E-state index in [0.29, 0.717) is 33.5 Å². The van der Waals surface area contributed by atoms with Crippen LogP contribution in [0.5, 0.6) is 0 Å². The summed E-state index contributed by atoms with van der Waals surface area (Å²) in [6.45, 7) is 1.68. The van der Waals surface area contributed by atoms with Crippen molar-refractivity contribution in [3.8, 4) is 16.8 Å². The monoisotopic (exact) mass is 491 g/mol. The molecule has 180 valence electrons. The lowest BCUT2D eigenvalue weighted by atomic mass is 10.0. The first-order valence-corrected chi connectivity index (χ1v) is 10.6. The van der Waals surface area contributed by atoms with E-state index in [2.05, 4.69) is 19.9 Å². The lowest BCUT2D eigenvalue weighted by Crippen LogP contribution is -2.14. The number of imidazole rings is 1. The van der Waals surface area contributed by atoms with Gasteiger partial charge in [-0.05, 0) is 60.5 Å². The summed E-state index contributed by atoms with van der Waals surface area (Å²) in [5.41, 5.74) is 7.92. The van der Waals surface area contributed by atoms with Gasteiger partial charge in [0.25, 0.3) is 6.43 Å². The number of nitrogens with zero attached hydrogens (tertiary/aromatic N) is 5. The summed E-state index contributed by atoms with van der Waals surface area (Å²) in [7, 11) is 0. The van der Waals surface area contributed by atoms with Crippen molar-refractivity contribution in [2.45, 2.75) is 13.3 Å². The van der Waals surface area contributed by atoms with Crippen molar-refractivity contribution in [2.24, 2.45) is 10.7 Å². The number of nitrogens with two attached hydrogens (primary N) is 1. The Morgan fingerprint density at radius 1 is 1.00 bits per heavy atom. The molecule has 2 aromatic carbocycles. The summed E-state index contributed by atoms with van der Waals surface area (Å²) >= 11 is 0. The maximum absolute atomic E-state index is 14.9. The van der Waals surface area contributed by atoms with Gasteiger partial charge in [0.15, 0.2) is 0 Å². The lowest BCUT2D eigenvalue weighted by Gasteiger charge is -2.13. The first-order chi connectivity index (χ1) is 17.3. The zero-order valence-corrected chi connectivity index (χ0v) is 18.7. The topological polar surface area (TPSA) is 106 Å². The van der Waals surface area contributed by atoms with Crippen LogP contribution in [-0.4, -0.2) is 31.7 Å². The van der Waals surface area contributed by atoms with Gasteiger partial charge in [0.05, 0.1) is 16.6 Å². The van der Waals surface area contributed by atoms with Crippen molar-refractivity contribution in [1.29, 1.82) is 5.41 Å². The number of amidine groups is 1. The molecular weight excluding hydrogens is 474 g/mol. The van der Waals surface area contributed by atoms with E-state index in [4.69, 9.17) is 11.1 Å². The highest BCUT2D eigenvalue weighted by molar-refractivity contribution is 6.11. The summed E-state index contributed by atoms with van der Waals surface area (Å²) in [5.74, 6) is -0.963. The Morgan fingerprint density at radius 2 is 1.75 bits per heavy atom. The van der Waals surface area contributed by atoms with Gasteiger partial charge in [-0.15, -0.1) is 0 Å². The third-order valence-electron chi connectivity index (χ3n) is 5.76. The normalized spacial score (nSPS) is 12.1. The summed E-state index contributed by atoms with van der Waals surface area (Å²) < 4.78 is 57.7. The smallest absolute Gasteiger partial charge is 0.280 e. The molecule has 0 atom stereocenters. The number of aromatic nitrogens is 4. The van der Waals surface area contributed by atoms with Crippen LogP contribution in [0.15, 0.2) is 59.9 Å². The van der Waals surface area contributed by atoms with E-state index >= 15 is 0 Å². The first kappa shape index (κ1) is 23.1. The van der Waals surface area contributed by atoms with Crippen LogP contribution in [0.1, 0.15) is 23.5 Å². The van der Waals surface area contributed by atoms with Crippen LogP contribution in [0, 0.1) is 24.0 Å². The number of rotatable bonds is 5. The highest BCUT2D eigenvalue weighted by Gasteiger charge is 2.21. The molecule has 0 fully saturated rings. The Labute approximate surface area is 201 Å². The van der Waals surface area contributed by atoms with Crippen LogP contribution in [-0.2, 0) is 0 Å². The highest BCUT2D eigenvalue weighted by Crippen LogP contribution is 2.34. The molecule has 5 rings (SSSR count). The van der Waals surface area contributed by atoms with Crippen LogP contribution in [0.3, 0.4) is 0 Å². The maximum Gasteiger partial charge on any atom is 0.280 e. The lowest BCUT2D eigenvalue weighted by molar-refractivity contribution is 0.146. The minimum absolute atomic E-state index is 0.0264. The average Bonchev–Trinajstić information content (AvgIpc) is 3.21. The van der Waals surface area contributed by atoms with Crippen LogP contribution in [0.4, 0.5) is 17.6 Å². The Hall–Kier alpha value is -4.67. The number of aryl methyl sites for hydroxylation is 1. The fourth-order valence-electron chi connectivity index (χ4n) is 4.21. The van der Waals surface area contributed by atoms with Gasteiger partial charge >= 0.3 is 0 Å². The molecule has 7 nitrogen and oxygen atoms in total. The predicted molar refractivity (Wildman–Crippen MR) is 129 cm³/mol. The number of halogens is 4. The molecule has 11 heteroatoms. The van der Waals surface area contributed by atoms with Crippen LogP contribution in [0.25, 0.3) is 38.8 Å². The number of alkyl halides is 2. The van der Waals surface area contributed by atoms with Crippen molar-refractivity contribution in [2.75, 3.05) is 0 Å². The molecule has 5 aromatic rings. The van der Waals surface area contributed by atoms with Crippen molar-refractivity contribution < 1.29 is 17.6 Å². The van der Waals surface area contributed by atoms with Crippen LogP contribution < -0.4 is 5.73 Å². The number of hydrogen-bond donors (Lipinski definition) is 2. The molecule has 3 N–H and O–H groups in total. The number of hydrogen-bond acceptors (Lipinski definition) is 4. The van der Waals surface area contributed by atoms with E-state index in [9.17, 15) is 17.6 Å². The van der Waals surface area contributed by atoms with Crippen molar-refractivity contribution >= 4 is 34.1 Å². The van der Waals surface area contributed by atoms with E-state index in [0.717, 1.165) is 18.5 Å². The molecule has 0 bridgehead atoms. The van der Waals surface area contributed by atoms with E-state index < -0.39 is 23.8 Å². The van der Waals surface area contributed by atoms with Gasteiger partial charge in [-0.3, -0.25) is 19.9 Å². The van der Waals surface area contributed by atoms with Gasteiger partial charge in [0.1, 0.15) is 46.4 Å². The largest absolute Gasteiger partial charge is 0.383 e. The number of nitrogens with one attached hydrogen (secondary N) is 1. The Kier molecular flexibility index (Phi) is 5.67. The van der Waals surface area contributed by atoms with Gasteiger partial charge in [-0.2, -0.15) is 0 Å². The number of aliphatic imine (C=N–C) groups is 1. The zero-order chi connectivity index (χ0) is 25.6. The van der Waals surface area contributed by atoms with Crippen molar-refractivity contribution in [1.82, 2.24) is 19.5 Å². The molecule has 0 spiro atoms. The van der Waals surface area contributed by atoms with Crippen molar-refractivity contribution in [3.05, 3.63) is 83.6 Å². The molecular formula is C25H17F4N7. The summed E-state index contributed by atoms with van der Waals surface area (Å²) in [4.78, 5) is 16.1. The number of pyridine rings is 2. The highest BCUT2D eigenvalue weighted by atomic mass is 19.3. The standard InChI is InChI=1S/C25H17F4N7/c1-12-35-22-15(25(31)34-11-30)8-14(13-4-6-32-18(9-13)24(28)29)10-20(22)36(12)19-5-7-33-23-17(27)3-2-16(26)21(19)23/h2-11,24H,1H3,(H3,30,31,34). The fourth-order valence-corrected chi connectivity index (χ4v) is 4.21. The number of fused-ring (bicyclic) bond motifs is 2.